The maximum absolute atomic E-state index is 12.1. The molecule has 1 N–H and O–H groups in total. The van der Waals surface area contributed by atoms with Crippen LogP contribution in [0.15, 0.2) is 76.6 Å². The van der Waals surface area contributed by atoms with Crippen LogP contribution in [0.1, 0.15) is 21.1 Å². The highest BCUT2D eigenvalue weighted by Gasteiger charge is 2.10. The third-order valence-electron chi connectivity index (χ3n) is 4.08. The summed E-state index contributed by atoms with van der Waals surface area (Å²) in [4.78, 5) is 17.2. The Kier molecular flexibility index (Phi) is 5.07. The number of rotatable bonds is 6. The van der Waals surface area contributed by atoms with Gasteiger partial charge in [0.15, 0.2) is 0 Å². The number of carbonyl (C=O) groups excluding carboxylic acids is 1. The Hall–Kier alpha value is -3.25. The first-order valence-electron chi connectivity index (χ1n) is 8.60. The van der Waals surface area contributed by atoms with Gasteiger partial charge in [-0.15, -0.1) is 11.3 Å². The van der Waals surface area contributed by atoms with E-state index < -0.39 is 0 Å². The predicted molar refractivity (Wildman–Crippen MR) is 106 cm³/mol. The van der Waals surface area contributed by atoms with Gasteiger partial charge in [0.05, 0.1) is 4.88 Å². The van der Waals surface area contributed by atoms with Crippen LogP contribution in [0.25, 0.3) is 11.4 Å². The third kappa shape index (κ3) is 4.30. The number of nitrogens with zero attached hydrogens (tertiary/aromatic N) is 2. The van der Waals surface area contributed by atoms with Crippen molar-refractivity contribution in [1.29, 1.82) is 0 Å². The molecule has 134 valence electrons. The van der Waals surface area contributed by atoms with Crippen LogP contribution >= 0.6 is 11.3 Å². The van der Waals surface area contributed by atoms with Gasteiger partial charge in [-0.3, -0.25) is 4.79 Å². The minimum Gasteiger partial charge on any atom is -0.339 e. The number of aryl methyl sites for hydroxylation is 2. The summed E-state index contributed by atoms with van der Waals surface area (Å²) in [6.07, 6.45) is 1.56. The summed E-state index contributed by atoms with van der Waals surface area (Å²) in [6, 6.07) is 21.3. The van der Waals surface area contributed by atoms with E-state index in [1.807, 2.05) is 53.9 Å². The van der Waals surface area contributed by atoms with Crippen molar-refractivity contribution in [1.82, 2.24) is 10.1 Å². The van der Waals surface area contributed by atoms with Crippen LogP contribution in [0, 0.1) is 0 Å². The molecule has 0 aliphatic rings. The minimum absolute atomic E-state index is 0.111. The quantitative estimate of drug-likeness (QED) is 0.524. The number of hydrogen-bond donors (Lipinski definition) is 1. The predicted octanol–water partition coefficient (Wildman–Crippen LogP) is 4.84. The van der Waals surface area contributed by atoms with Gasteiger partial charge in [-0.2, -0.15) is 4.98 Å². The van der Waals surface area contributed by atoms with Gasteiger partial charge in [-0.05, 0) is 47.7 Å². The van der Waals surface area contributed by atoms with E-state index in [0.29, 0.717) is 23.0 Å². The Bertz CT molecular complexity index is 1010. The highest BCUT2D eigenvalue weighted by atomic mass is 32.1. The summed E-state index contributed by atoms with van der Waals surface area (Å²) in [7, 11) is 0. The van der Waals surface area contributed by atoms with Gasteiger partial charge in [0.2, 0.25) is 11.7 Å². The largest absolute Gasteiger partial charge is 0.339 e. The number of carbonyl (C=O) groups is 1. The number of hydrogen-bond acceptors (Lipinski definition) is 5. The van der Waals surface area contributed by atoms with Crippen LogP contribution in [0.4, 0.5) is 5.69 Å². The summed E-state index contributed by atoms with van der Waals surface area (Å²) in [6.45, 7) is 0. The number of benzene rings is 2. The molecule has 0 spiro atoms. The fourth-order valence-electron chi connectivity index (χ4n) is 2.67. The number of thiophene rings is 1. The maximum atomic E-state index is 12.1. The number of amides is 1. The van der Waals surface area contributed by atoms with Gasteiger partial charge < -0.3 is 9.84 Å². The number of nitrogens with one attached hydrogen (secondary N) is 1. The molecule has 0 unspecified atom stereocenters. The van der Waals surface area contributed by atoms with Crippen LogP contribution in [-0.4, -0.2) is 16.0 Å². The van der Waals surface area contributed by atoms with E-state index in [4.69, 9.17) is 4.52 Å². The summed E-state index contributed by atoms with van der Waals surface area (Å²) in [5, 5.41) is 8.81. The number of anilines is 1. The zero-order chi connectivity index (χ0) is 18.5. The van der Waals surface area contributed by atoms with Crippen molar-refractivity contribution in [3.63, 3.8) is 0 Å². The van der Waals surface area contributed by atoms with Crippen molar-refractivity contribution < 1.29 is 9.32 Å². The van der Waals surface area contributed by atoms with Crippen molar-refractivity contribution in [3.05, 3.63) is 88.4 Å². The molecular weight excluding hydrogens is 358 g/mol. The van der Waals surface area contributed by atoms with Crippen LogP contribution < -0.4 is 5.32 Å². The molecule has 2 aromatic carbocycles. The molecule has 2 heterocycles. The highest BCUT2D eigenvalue weighted by molar-refractivity contribution is 7.12. The molecule has 27 heavy (non-hydrogen) atoms. The van der Waals surface area contributed by atoms with Crippen molar-refractivity contribution >= 4 is 22.9 Å². The van der Waals surface area contributed by atoms with E-state index in [1.54, 1.807) is 6.07 Å². The molecule has 4 aromatic rings. The van der Waals surface area contributed by atoms with Crippen molar-refractivity contribution in [3.8, 4) is 11.4 Å². The van der Waals surface area contributed by atoms with Gasteiger partial charge in [0.1, 0.15) is 0 Å². The minimum atomic E-state index is -0.111. The Morgan fingerprint density at radius 2 is 1.78 bits per heavy atom. The van der Waals surface area contributed by atoms with Gasteiger partial charge in [-0.25, -0.2) is 0 Å². The molecule has 0 saturated carbocycles. The lowest BCUT2D eigenvalue weighted by Crippen LogP contribution is -2.09. The second-order valence-corrected chi connectivity index (χ2v) is 6.95. The lowest BCUT2D eigenvalue weighted by atomic mass is 10.1. The van der Waals surface area contributed by atoms with Crippen molar-refractivity contribution in [2.24, 2.45) is 0 Å². The number of aromatic nitrogens is 2. The SMILES string of the molecule is O=C(Nc1ccc(-c2noc(CCc3ccccc3)n2)cc1)c1cccs1. The Morgan fingerprint density at radius 3 is 2.52 bits per heavy atom. The topological polar surface area (TPSA) is 68.0 Å². The first kappa shape index (κ1) is 17.2. The molecule has 4 rings (SSSR count). The summed E-state index contributed by atoms with van der Waals surface area (Å²) < 4.78 is 5.36. The Balaban J connectivity index is 1.39. The molecule has 1 amide bonds. The molecule has 0 fully saturated rings. The third-order valence-corrected chi connectivity index (χ3v) is 4.95. The van der Waals surface area contributed by atoms with Crippen LogP contribution in [0.3, 0.4) is 0 Å². The second kappa shape index (κ2) is 7.97. The van der Waals surface area contributed by atoms with E-state index in [-0.39, 0.29) is 5.91 Å². The molecule has 0 atom stereocenters. The Morgan fingerprint density at radius 1 is 0.963 bits per heavy atom. The highest BCUT2D eigenvalue weighted by Crippen LogP contribution is 2.20. The standard InChI is InChI=1S/C21H17N3O2S/c25-21(18-7-4-14-27-18)22-17-11-9-16(10-12-17)20-23-19(26-24-20)13-8-15-5-2-1-3-6-15/h1-7,9-12,14H,8,13H2,(H,22,25). The molecule has 5 nitrogen and oxygen atoms in total. The molecule has 0 radical (unpaired) electrons. The lowest BCUT2D eigenvalue weighted by molar-refractivity contribution is 0.103. The fraction of sp³-hybridized carbons (Fsp3) is 0.0952. The normalized spacial score (nSPS) is 10.7. The zero-order valence-electron chi connectivity index (χ0n) is 14.5. The second-order valence-electron chi connectivity index (χ2n) is 6.01. The van der Waals surface area contributed by atoms with E-state index in [2.05, 4.69) is 27.6 Å². The van der Waals surface area contributed by atoms with Crippen LogP contribution in [0.5, 0.6) is 0 Å². The van der Waals surface area contributed by atoms with E-state index >= 15 is 0 Å². The zero-order valence-corrected chi connectivity index (χ0v) is 15.3. The van der Waals surface area contributed by atoms with E-state index in [0.717, 1.165) is 17.7 Å². The summed E-state index contributed by atoms with van der Waals surface area (Å²) in [5.41, 5.74) is 2.81. The Labute approximate surface area is 160 Å². The molecule has 6 heteroatoms. The van der Waals surface area contributed by atoms with E-state index in [9.17, 15) is 4.79 Å². The molecule has 2 aromatic heterocycles. The van der Waals surface area contributed by atoms with E-state index in [1.165, 1.54) is 16.9 Å². The van der Waals surface area contributed by atoms with Crippen LogP contribution in [-0.2, 0) is 12.8 Å². The molecular formula is C21H17N3O2S. The fourth-order valence-corrected chi connectivity index (χ4v) is 3.29. The lowest BCUT2D eigenvalue weighted by Gasteiger charge is -2.03. The van der Waals surface area contributed by atoms with Gasteiger partial charge in [0.25, 0.3) is 5.91 Å². The maximum Gasteiger partial charge on any atom is 0.265 e. The monoisotopic (exact) mass is 375 g/mol. The van der Waals surface area contributed by atoms with Crippen molar-refractivity contribution in [2.75, 3.05) is 5.32 Å². The summed E-state index contributed by atoms with van der Waals surface area (Å²) in [5.74, 6) is 1.05. The first-order valence-corrected chi connectivity index (χ1v) is 9.48. The molecule has 0 saturated heterocycles. The average molecular weight is 375 g/mol. The first-order chi connectivity index (χ1) is 13.3. The van der Waals surface area contributed by atoms with Gasteiger partial charge in [0, 0.05) is 17.7 Å². The smallest absolute Gasteiger partial charge is 0.265 e. The summed E-state index contributed by atoms with van der Waals surface area (Å²) >= 11 is 1.41. The molecule has 0 bridgehead atoms. The van der Waals surface area contributed by atoms with Crippen molar-refractivity contribution in [2.45, 2.75) is 12.8 Å². The van der Waals surface area contributed by atoms with Gasteiger partial charge >= 0.3 is 0 Å². The molecule has 0 aliphatic carbocycles. The van der Waals surface area contributed by atoms with Crippen LogP contribution in [0.2, 0.25) is 0 Å². The average Bonchev–Trinajstić information content (AvgIpc) is 3.40. The van der Waals surface area contributed by atoms with Gasteiger partial charge in [-0.1, -0.05) is 41.6 Å². The molecule has 0 aliphatic heterocycles.